The number of nitrogens with zero attached hydrogens (tertiary/aromatic N) is 3. The van der Waals surface area contributed by atoms with Crippen molar-refractivity contribution in [2.24, 2.45) is 5.73 Å². The van der Waals surface area contributed by atoms with E-state index in [0.29, 0.717) is 6.54 Å². The van der Waals surface area contributed by atoms with E-state index in [2.05, 4.69) is 27.0 Å². The summed E-state index contributed by atoms with van der Waals surface area (Å²) >= 11 is 0. The van der Waals surface area contributed by atoms with E-state index in [-0.39, 0.29) is 0 Å². The first-order chi connectivity index (χ1) is 8.31. The molecule has 4 nitrogen and oxygen atoms in total. The lowest BCUT2D eigenvalue weighted by Crippen LogP contribution is -2.19. The van der Waals surface area contributed by atoms with Gasteiger partial charge in [-0.2, -0.15) is 0 Å². The second kappa shape index (κ2) is 5.41. The van der Waals surface area contributed by atoms with Crippen molar-refractivity contribution in [1.82, 2.24) is 9.97 Å². The highest BCUT2D eigenvalue weighted by atomic mass is 15.2. The van der Waals surface area contributed by atoms with Gasteiger partial charge in [0.15, 0.2) is 0 Å². The van der Waals surface area contributed by atoms with Crippen LogP contribution in [0, 0.1) is 0 Å². The van der Waals surface area contributed by atoms with Crippen molar-refractivity contribution >= 4 is 5.82 Å². The molecule has 0 atom stereocenters. The van der Waals surface area contributed by atoms with Gasteiger partial charge in [0.25, 0.3) is 0 Å². The summed E-state index contributed by atoms with van der Waals surface area (Å²) in [4.78, 5) is 10.4. The number of aromatic nitrogens is 2. The zero-order valence-electron chi connectivity index (χ0n) is 9.87. The first kappa shape index (κ1) is 11.5. The van der Waals surface area contributed by atoms with Crippen molar-refractivity contribution in [2.75, 3.05) is 11.9 Å². The molecule has 0 fully saturated rings. The Kier molecular flexibility index (Phi) is 3.67. The lowest BCUT2D eigenvalue weighted by atomic mass is 10.1. The minimum absolute atomic E-state index is 0.560. The van der Waals surface area contributed by atoms with Gasteiger partial charge in [0.2, 0.25) is 0 Å². The number of anilines is 1. The zero-order valence-corrected chi connectivity index (χ0v) is 9.87. The standard InChI is InChI=1S/C13H16N4/c1-17(13-9-15-6-7-16-13)10-12-5-3-2-4-11(12)8-14/h2-7,9H,8,10,14H2,1H3. The van der Waals surface area contributed by atoms with Crippen LogP contribution < -0.4 is 10.6 Å². The molecule has 0 amide bonds. The first-order valence-electron chi connectivity index (χ1n) is 5.55. The Balaban J connectivity index is 2.16. The van der Waals surface area contributed by atoms with Crippen molar-refractivity contribution in [1.29, 1.82) is 0 Å². The smallest absolute Gasteiger partial charge is 0.147 e. The van der Waals surface area contributed by atoms with Crippen molar-refractivity contribution in [3.63, 3.8) is 0 Å². The molecule has 0 aliphatic rings. The number of hydrogen-bond donors (Lipinski definition) is 1. The second-order valence-electron chi connectivity index (χ2n) is 3.89. The van der Waals surface area contributed by atoms with Gasteiger partial charge in [-0.15, -0.1) is 0 Å². The fraction of sp³-hybridized carbons (Fsp3) is 0.231. The fourth-order valence-electron chi connectivity index (χ4n) is 1.74. The minimum Gasteiger partial charge on any atom is -0.354 e. The van der Waals surface area contributed by atoms with Gasteiger partial charge in [0.05, 0.1) is 6.20 Å². The molecule has 0 aliphatic heterocycles. The minimum atomic E-state index is 0.560. The van der Waals surface area contributed by atoms with E-state index < -0.39 is 0 Å². The fourth-order valence-corrected chi connectivity index (χ4v) is 1.74. The highest BCUT2D eigenvalue weighted by Crippen LogP contribution is 2.14. The Labute approximate surface area is 101 Å². The molecule has 2 aromatic rings. The first-order valence-corrected chi connectivity index (χ1v) is 5.55. The van der Waals surface area contributed by atoms with Gasteiger partial charge in [0, 0.05) is 32.5 Å². The van der Waals surface area contributed by atoms with Gasteiger partial charge in [-0.05, 0) is 11.1 Å². The van der Waals surface area contributed by atoms with Crippen LogP contribution >= 0.6 is 0 Å². The van der Waals surface area contributed by atoms with Crippen LogP contribution in [0.15, 0.2) is 42.9 Å². The number of nitrogens with two attached hydrogens (primary N) is 1. The summed E-state index contributed by atoms with van der Waals surface area (Å²) in [6, 6.07) is 8.18. The van der Waals surface area contributed by atoms with Crippen molar-refractivity contribution in [2.45, 2.75) is 13.1 Å². The molecule has 1 aromatic heterocycles. The maximum absolute atomic E-state index is 5.72. The Hall–Kier alpha value is -1.94. The molecule has 88 valence electrons. The van der Waals surface area contributed by atoms with Crippen LogP contribution in [-0.2, 0) is 13.1 Å². The predicted octanol–water partition coefficient (Wildman–Crippen LogP) is 1.57. The maximum Gasteiger partial charge on any atom is 0.147 e. The molecular formula is C13H16N4. The van der Waals surface area contributed by atoms with Gasteiger partial charge >= 0.3 is 0 Å². The lowest BCUT2D eigenvalue weighted by molar-refractivity contribution is 0.870. The third-order valence-electron chi connectivity index (χ3n) is 2.69. The topological polar surface area (TPSA) is 55.0 Å². The Bertz CT molecular complexity index is 470. The van der Waals surface area contributed by atoms with Gasteiger partial charge < -0.3 is 10.6 Å². The highest BCUT2D eigenvalue weighted by molar-refractivity contribution is 5.37. The molecule has 1 heterocycles. The zero-order chi connectivity index (χ0) is 12.1. The van der Waals surface area contributed by atoms with Crippen LogP contribution in [0.25, 0.3) is 0 Å². The average molecular weight is 228 g/mol. The third-order valence-corrected chi connectivity index (χ3v) is 2.69. The van der Waals surface area contributed by atoms with Gasteiger partial charge in [0.1, 0.15) is 5.82 Å². The summed E-state index contributed by atoms with van der Waals surface area (Å²) in [5, 5.41) is 0. The molecule has 2 rings (SSSR count). The molecular weight excluding hydrogens is 212 g/mol. The summed E-state index contributed by atoms with van der Waals surface area (Å²) in [6.45, 7) is 1.34. The quantitative estimate of drug-likeness (QED) is 0.863. The summed E-state index contributed by atoms with van der Waals surface area (Å²) < 4.78 is 0. The third kappa shape index (κ3) is 2.79. The van der Waals surface area contributed by atoms with Crippen LogP contribution in [0.4, 0.5) is 5.82 Å². The Morgan fingerprint density at radius 1 is 1.18 bits per heavy atom. The summed E-state index contributed by atoms with van der Waals surface area (Å²) in [5.41, 5.74) is 8.11. The summed E-state index contributed by atoms with van der Waals surface area (Å²) in [6.07, 6.45) is 5.12. The Morgan fingerprint density at radius 3 is 2.59 bits per heavy atom. The SMILES string of the molecule is CN(Cc1ccccc1CN)c1cnccn1. The molecule has 0 saturated carbocycles. The monoisotopic (exact) mass is 228 g/mol. The van der Waals surface area contributed by atoms with Gasteiger partial charge in [-0.25, -0.2) is 4.98 Å². The van der Waals surface area contributed by atoms with Gasteiger partial charge in [-0.3, -0.25) is 4.98 Å². The molecule has 0 spiro atoms. The van der Waals surface area contributed by atoms with Crippen LogP contribution in [-0.4, -0.2) is 17.0 Å². The predicted molar refractivity (Wildman–Crippen MR) is 68.5 cm³/mol. The molecule has 1 aromatic carbocycles. The van der Waals surface area contributed by atoms with E-state index >= 15 is 0 Å². The lowest BCUT2D eigenvalue weighted by Gasteiger charge is -2.19. The largest absolute Gasteiger partial charge is 0.354 e. The van der Waals surface area contributed by atoms with Crippen LogP contribution in [0.3, 0.4) is 0 Å². The average Bonchev–Trinajstić information content (AvgIpc) is 2.40. The molecule has 0 aliphatic carbocycles. The number of benzene rings is 1. The van der Waals surface area contributed by atoms with Gasteiger partial charge in [-0.1, -0.05) is 24.3 Å². The molecule has 0 bridgehead atoms. The van der Waals surface area contributed by atoms with E-state index in [0.717, 1.165) is 12.4 Å². The van der Waals surface area contributed by atoms with E-state index in [4.69, 9.17) is 5.73 Å². The number of hydrogen-bond acceptors (Lipinski definition) is 4. The van der Waals surface area contributed by atoms with Crippen molar-refractivity contribution in [3.8, 4) is 0 Å². The highest BCUT2D eigenvalue weighted by Gasteiger charge is 2.05. The van der Waals surface area contributed by atoms with E-state index in [1.807, 2.05) is 19.2 Å². The summed E-state index contributed by atoms with van der Waals surface area (Å²) in [7, 11) is 2.00. The van der Waals surface area contributed by atoms with Crippen LogP contribution in [0.5, 0.6) is 0 Å². The summed E-state index contributed by atoms with van der Waals surface area (Å²) in [5.74, 6) is 0.860. The van der Waals surface area contributed by atoms with Crippen molar-refractivity contribution in [3.05, 3.63) is 54.0 Å². The second-order valence-corrected chi connectivity index (χ2v) is 3.89. The maximum atomic E-state index is 5.72. The molecule has 0 radical (unpaired) electrons. The molecule has 4 heteroatoms. The van der Waals surface area contributed by atoms with Crippen LogP contribution in [0.1, 0.15) is 11.1 Å². The van der Waals surface area contributed by atoms with E-state index in [9.17, 15) is 0 Å². The van der Waals surface area contributed by atoms with Crippen LogP contribution in [0.2, 0.25) is 0 Å². The van der Waals surface area contributed by atoms with E-state index in [1.54, 1.807) is 18.6 Å². The molecule has 2 N–H and O–H groups in total. The molecule has 0 unspecified atom stereocenters. The number of rotatable bonds is 4. The molecule has 17 heavy (non-hydrogen) atoms. The molecule has 0 saturated heterocycles. The van der Waals surface area contributed by atoms with E-state index in [1.165, 1.54) is 11.1 Å². The normalized spacial score (nSPS) is 10.2. The Morgan fingerprint density at radius 2 is 1.94 bits per heavy atom. The van der Waals surface area contributed by atoms with Crippen molar-refractivity contribution < 1.29 is 0 Å².